The Balaban J connectivity index is 2.82. The topological polar surface area (TPSA) is 17.8 Å². The first kappa shape index (κ1) is 12.8. The fraction of sp³-hybridized carbons (Fsp3) is 0.750. The standard InChI is InChI=1S/C12H21BrN2/c1-4-11-14-7-8-15(11)10-12(5-2,6-3)9-13/h7-8H,4-6,9-10H2,1-3H3. The van der Waals surface area contributed by atoms with Crippen molar-refractivity contribution in [3.8, 4) is 0 Å². The molecule has 0 saturated carbocycles. The Kier molecular flexibility index (Phi) is 4.84. The van der Waals surface area contributed by atoms with Crippen LogP contribution in [0.2, 0.25) is 0 Å². The van der Waals surface area contributed by atoms with E-state index in [1.807, 2.05) is 6.20 Å². The third-order valence-electron chi connectivity index (χ3n) is 3.41. The summed E-state index contributed by atoms with van der Waals surface area (Å²) < 4.78 is 2.30. The van der Waals surface area contributed by atoms with Crippen molar-refractivity contribution >= 4 is 15.9 Å². The Labute approximate surface area is 101 Å². The minimum Gasteiger partial charge on any atom is -0.334 e. The molecule has 0 fully saturated rings. The average Bonchev–Trinajstić information content (AvgIpc) is 2.73. The van der Waals surface area contributed by atoms with Crippen molar-refractivity contribution in [1.82, 2.24) is 9.55 Å². The van der Waals surface area contributed by atoms with Gasteiger partial charge in [0.25, 0.3) is 0 Å². The SMILES string of the molecule is CCc1nccn1CC(CC)(CC)CBr. The van der Waals surface area contributed by atoms with Gasteiger partial charge in [0, 0.05) is 30.7 Å². The van der Waals surface area contributed by atoms with Gasteiger partial charge in [0.2, 0.25) is 0 Å². The molecule has 2 nitrogen and oxygen atoms in total. The van der Waals surface area contributed by atoms with E-state index in [1.165, 1.54) is 18.7 Å². The van der Waals surface area contributed by atoms with Gasteiger partial charge >= 0.3 is 0 Å². The van der Waals surface area contributed by atoms with Gasteiger partial charge < -0.3 is 4.57 Å². The molecule has 1 aromatic heterocycles. The fourth-order valence-electron chi connectivity index (χ4n) is 1.86. The number of imidazole rings is 1. The highest BCUT2D eigenvalue weighted by molar-refractivity contribution is 9.09. The van der Waals surface area contributed by atoms with Crippen molar-refractivity contribution < 1.29 is 0 Å². The molecule has 0 aromatic carbocycles. The largest absolute Gasteiger partial charge is 0.334 e. The number of hydrogen-bond acceptors (Lipinski definition) is 1. The molecule has 0 atom stereocenters. The first-order valence-corrected chi connectivity index (χ1v) is 6.89. The smallest absolute Gasteiger partial charge is 0.108 e. The highest BCUT2D eigenvalue weighted by Gasteiger charge is 2.25. The van der Waals surface area contributed by atoms with Crippen molar-refractivity contribution in [1.29, 1.82) is 0 Å². The predicted octanol–water partition coefficient (Wildman–Crippen LogP) is 3.65. The van der Waals surface area contributed by atoms with Crippen LogP contribution in [-0.2, 0) is 13.0 Å². The number of rotatable bonds is 6. The molecule has 0 unspecified atom stereocenters. The molecule has 1 heterocycles. The average molecular weight is 273 g/mol. The van der Waals surface area contributed by atoms with Crippen LogP contribution in [0.3, 0.4) is 0 Å². The number of aryl methyl sites for hydroxylation is 1. The van der Waals surface area contributed by atoms with E-state index in [0.29, 0.717) is 5.41 Å². The molecule has 0 saturated heterocycles. The first-order chi connectivity index (χ1) is 7.21. The Morgan fingerprint density at radius 3 is 2.47 bits per heavy atom. The normalized spacial score (nSPS) is 12.0. The summed E-state index contributed by atoms with van der Waals surface area (Å²) in [5, 5.41) is 1.06. The van der Waals surface area contributed by atoms with Gasteiger partial charge in [-0.1, -0.05) is 36.7 Å². The summed E-state index contributed by atoms with van der Waals surface area (Å²) >= 11 is 3.65. The van der Waals surface area contributed by atoms with E-state index in [9.17, 15) is 0 Å². The minimum atomic E-state index is 0.380. The van der Waals surface area contributed by atoms with Crippen molar-refractivity contribution in [2.75, 3.05) is 5.33 Å². The molecular formula is C12H21BrN2. The molecule has 0 aliphatic rings. The van der Waals surface area contributed by atoms with Gasteiger partial charge in [0.05, 0.1) is 0 Å². The molecule has 0 spiro atoms. The van der Waals surface area contributed by atoms with Crippen LogP contribution in [0, 0.1) is 5.41 Å². The van der Waals surface area contributed by atoms with Crippen molar-refractivity contribution in [3.63, 3.8) is 0 Å². The zero-order valence-electron chi connectivity index (χ0n) is 9.96. The van der Waals surface area contributed by atoms with E-state index in [2.05, 4.69) is 52.4 Å². The van der Waals surface area contributed by atoms with Gasteiger partial charge in [-0.05, 0) is 18.3 Å². The zero-order chi connectivity index (χ0) is 11.3. The van der Waals surface area contributed by atoms with Crippen LogP contribution in [0.15, 0.2) is 12.4 Å². The van der Waals surface area contributed by atoms with Crippen molar-refractivity contribution in [2.45, 2.75) is 46.6 Å². The number of hydrogen-bond donors (Lipinski definition) is 0. The maximum atomic E-state index is 4.37. The molecule has 0 aliphatic heterocycles. The maximum absolute atomic E-state index is 4.37. The summed E-state index contributed by atoms with van der Waals surface area (Å²) in [4.78, 5) is 4.37. The van der Waals surface area contributed by atoms with Gasteiger partial charge in [0.1, 0.15) is 5.82 Å². The maximum Gasteiger partial charge on any atom is 0.108 e. The second-order valence-corrected chi connectivity index (χ2v) is 4.73. The summed E-state index contributed by atoms with van der Waals surface area (Å²) in [6, 6.07) is 0. The second kappa shape index (κ2) is 5.69. The Morgan fingerprint density at radius 1 is 1.33 bits per heavy atom. The fourth-order valence-corrected chi connectivity index (χ4v) is 2.83. The summed E-state index contributed by atoms with van der Waals surface area (Å²) in [5.74, 6) is 1.20. The monoisotopic (exact) mass is 272 g/mol. The van der Waals surface area contributed by atoms with E-state index in [1.54, 1.807) is 0 Å². The quantitative estimate of drug-likeness (QED) is 0.723. The summed E-state index contributed by atoms with van der Waals surface area (Å²) in [6.45, 7) is 7.78. The molecule has 0 N–H and O–H groups in total. The molecule has 86 valence electrons. The van der Waals surface area contributed by atoms with Crippen LogP contribution in [0.4, 0.5) is 0 Å². The summed E-state index contributed by atoms with van der Waals surface area (Å²) in [6.07, 6.45) is 7.43. The molecule has 0 amide bonds. The molecule has 0 radical (unpaired) electrons. The van der Waals surface area contributed by atoms with Crippen LogP contribution < -0.4 is 0 Å². The van der Waals surface area contributed by atoms with E-state index < -0.39 is 0 Å². The Hall–Kier alpha value is -0.310. The molecule has 1 aromatic rings. The van der Waals surface area contributed by atoms with E-state index in [4.69, 9.17) is 0 Å². The predicted molar refractivity (Wildman–Crippen MR) is 68.4 cm³/mol. The first-order valence-electron chi connectivity index (χ1n) is 5.77. The van der Waals surface area contributed by atoms with Crippen molar-refractivity contribution in [2.24, 2.45) is 5.41 Å². The molecule has 1 rings (SSSR count). The molecule has 0 bridgehead atoms. The van der Waals surface area contributed by atoms with Gasteiger partial charge in [-0.2, -0.15) is 0 Å². The highest BCUT2D eigenvalue weighted by Crippen LogP contribution is 2.31. The minimum absolute atomic E-state index is 0.380. The molecule has 0 aliphatic carbocycles. The second-order valence-electron chi connectivity index (χ2n) is 4.17. The van der Waals surface area contributed by atoms with Crippen LogP contribution in [-0.4, -0.2) is 14.9 Å². The zero-order valence-corrected chi connectivity index (χ0v) is 11.5. The van der Waals surface area contributed by atoms with E-state index in [-0.39, 0.29) is 0 Å². The number of aromatic nitrogens is 2. The lowest BCUT2D eigenvalue weighted by Crippen LogP contribution is -2.27. The van der Waals surface area contributed by atoms with Crippen LogP contribution in [0.25, 0.3) is 0 Å². The van der Waals surface area contributed by atoms with Gasteiger partial charge in [-0.25, -0.2) is 4.98 Å². The summed E-state index contributed by atoms with van der Waals surface area (Å²) in [7, 11) is 0. The number of nitrogens with zero attached hydrogens (tertiary/aromatic N) is 2. The van der Waals surface area contributed by atoms with Crippen molar-refractivity contribution in [3.05, 3.63) is 18.2 Å². The lowest BCUT2D eigenvalue weighted by atomic mass is 9.84. The molecule has 15 heavy (non-hydrogen) atoms. The molecule has 3 heteroatoms. The third kappa shape index (κ3) is 2.83. The van der Waals surface area contributed by atoms with E-state index >= 15 is 0 Å². The van der Waals surface area contributed by atoms with Gasteiger partial charge in [0.15, 0.2) is 0 Å². The van der Waals surface area contributed by atoms with Crippen LogP contribution in [0.5, 0.6) is 0 Å². The van der Waals surface area contributed by atoms with Gasteiger partial charge in [-0.15, -0.1) is 0 Å². The lowest BCUT2D eigenvalue weighted by Gasteiger charge is -2.30. The lowest BCUT2D eigenvalue weighted by molar-refractivity contribution is 0.256. The molecular weight excluding hydrogens is 252 g/mol. The van der Waals surface area contributed by atoms with Gasteiger partial charge in [-0.3, -0.25) is 0 Å². The number of halogens is 1. The van der Waals surface area contributed by atoms with Crippen LogP contribution in [0.1, 0.15) is 39.4 Å². The Bertz CT molecular complexity index is 281. The number of alkyl halides is 1. The third-order valence-corrected chi connectivity index (χ3v) is 4.60. The summed E-state index contributed by atoms with van der Waals surface area (Å²) in [5.41, 5.74) is 0.380. The van der Waals surface area contributed by atoms with Crippen LogP contribution >= 0.6 is 15.9 Å². The van der Waals surface area contributed by atoms with E-state index in [0.717, 1.165) is 18.3 Å². The Morgan fingerprint density at radius 2 is 2.00 bits per heavy atom. The highest BCUT2D eigenvalue weighted by atomic mass is 79.9.